The van der Waals surface area contributed by atoms with Gasteiger partial charge in [0.05, 0.1) is 5.39 Å². The van der Waals surface area contributed by atoms with Crippen molar-refractivity contribution in [3.05, 3.63) is 64.1 Å². The number of hydrogen-bond donors (Lipinski definition) is 1. The molecule has 0 radical (unpaired) electrons. The van der Waals surface area contributed by atoms with Gasteiger partial charge in [-0.2, -0.15) is 0 Å². The maximum absolute atomic E-state index is 12.2. The zero-order valence-corrected chi connectivity index (χ0v) is 11.7. The lowest BCUT2D eigenvalue weighted by molar-refractivity contribution is 0.474. The van der Waals surface area contributed by atoms with Gasteiger partial charge >= 0.3 is 0 Å². The Balaban J connectivity index is 2.04. The summed E-state index contributed by atoms with van der Waals surface area (Å²) in [6, 6.07) is 14.0. The lowest BCUT2D eigenvalue weighted by atomic mass is 10.1. The number of aromatic hydroxyl groups is 1. The summed E-state index contributed by atoms with van der Waals surface area (Å²) in [5.41, 5.74) is 1.19. The summed E-state index contributed by atoms with van der Waals surface area (Å²) in [5.74, 6) is 0.605. The van der Waals surface area contributed by atoms with Crippen molar-refractivity contribution in [2.24, 2.45) is 0 Å². The van der Waals surface area contributed by atoms with E-state index in [2.05, 4.69) is 0 Å². The number of thiophene rings is 1. The molecule has 0 aliphatic rings. The minimum Gasteiger partial charge on any atom is -0.508 e. The largest absolute Gasteiger partial charge is 0.508 e. The highest BCUT2D eigenvalue weighted by atomic mass is 32.1. The molecule has 2 aromatic carbocycles. The summed E-state index contributed by atoms with van der Waals surface area (Å²) >= 11 is 1.61. The maximum atomic E-state index is 12.2. The second kappa shape index (κ2) is 4.46. The molecule has 0 bridgehead atoms. The van der Waals surface area contributed by atoms with Crippen LogP contribution in [0.25, 0.3) is 32.4 Å². The minimum atomic E-state index is -0.110. The summed E-state index contributed by atoms with van der Waals surface area (Å²) in [7, 11) is 0. The van der Waals surface area contributed by atoms with Crippen molar-refractivity contribution in [3.8, 4) is 17.1 Å². The second-order valence-electron chi connectivity index (χ2n) is 4.80. The van der Waals surface area contributed by atoms with Crippen LogP contribution in [0.5, 0.6) is 5.75 Å². The standard InChI is InChI=1S/C17H10O3S/c18-10-5-6-12-14(19)8-16(20-15(12)7-10)13-9-21-17-4-2-1-3-11(13)17/h1-9,18H. The molecule has 3 nitrogen and oxygen atoms in total. The van der Waals surface area contributed by atoms with Gasteiger partial charge in [-0.15, -0.1) is 11.3 Å². The molecule has 4 rings (SSSR count). The second-order valence-corrected chi connectivity index (χ2v) is 5.71. The van der Waals surface area contributed by atoms with Crippen molar-refractivity contribution in [2.75, 3.05) is 0 Å². The van der Waals surface area contributed by atoms with Crippen LogP contribution in [0.1, 0.15) is 0 Å². The Morgan fingerprint density at radius 3 is 2.76 bits per heavy atom. The van der Waals surface area contributed by atoms with Crippen molar-refractivity contribution in [2.45, 2.75) is 0 Å². The molecule has 0 aliphatic heterocycles. The fraction of sp³-hybridized carbons (Fsp3) is 0. The van der Waals surface area contributed by atoms with E-state index in [0.29, 0.717) is 16.7 Å². The Morgan fingerprint density at radius 2 is 1.86 bits per heavy atom. The molecular weight excluding hydrogens is 284 g/mol. The van der Waals surface area contributed by atoms with E-state index in [1.807, 2.05) is 29.6 Å². The molecule has 1 N–H and O–H groups in total. The molecule has 0 atom stereocenters. The first-order chi connectivity index (χ1) is 10.2. The van der Waals surface area contributed by atoms with Gasteiger partial charge in [-0.3, -0.25) is 4.79 Å². The van der Waals surface area contributed by atoms with Gasteiger partial charge in [0.2, 0.25) is 0 Å². The summed E-state index contributed by atoms with van der Waals surface area (Å²) in [6.45, 7) is 0. The molecule has 0 fully saturated rings. The van der Waals surface area contributed by atoms with Crippen LogP contribution in [0, 0.1) is 0 Å². The number of hydrogen-bond acceptors (Lipinski definition) is 4. The van der Waals surface area contributed by atoms with Crippen molar-refractivity contribution >= 4 is 32.4 Å². The summed E-state index contributed by atoms with van der Waals surface area (Å²) in [5, 5.41) is 13.1. The number of phenols is 1. The molecule has 102 valence electrons. The third-order valence-electron chi connectivity index (χ3n) is 3.46. The van der Waals surface area contributed by atoms with Crippen LogP contribution in [0.15, 0.2) is 63.1 Å². The van der Waals surface area contributed by atoms with Crippen LogP contribution in [-0.2, 0) is 0 Å². The predicted octanol–water partition coefficient (Wildman–Crippen LogP) is 4.38. The van der Waals surface area contributed by atoms with Crippen LogP contribution in [0.3, 0.4) is 0 Å². The van der Waals surface area contributed by atoms with E-state index in [1.165, 1.54) is 18.2 Å². The van der Waals surface area contributed by atoms with E-state index >= 15 is 0 Å². The van der Waals surface area contributed by atoms with Crippen molar-refractivity contribution in [1.82, 2.24) is 0 Å². The lowest BCUT2D eigenvalue weighted by Crippen LogP contribution is -1.99. The van der Waals surface area contributed by atoms with Crippen LogP contribution in [0.2, 0.25) is 0 Å². The van der Waals surface area contributed by atoms with Gasteiger partial charge in [-0.25, -0.2) is 0 Å². The lowest BCUT2D eigenvalue weighted by Gasteiger charge is -2.02. The van der Waals surface area contributed by atoms with E-state index in [-0.39, 0.29) is 11.2 Å². The van der Waals surface area contributed by atoms with Crippen molar-refractivity contribution in [1.29, 1.82) is 0 Å². The van der Waals surface area contributed by atoms with Gasteiger partial charge in [-0.05, 0) is 18.2 Å². The number of phenolic OH excluding ortho intramolecular Hbond substituents is 1. The Bertz CT molecular complexity index is 1030. The first-order valence-corrected chi connectivity index (χ1v) is 7.34. The van der Waals surface area contributed by atoms with E-state index < -0.39 is 0 Å². The van der Waals surface area contributed by atoms with Gasteiger partial charge in [0.25, 0.3) is 0 Å². The summed E-state index contributed by atoms with van der Waals surface area (Å²) < 4.78 is 6.97. The number of fused-ring (bicyclic) bond motifs is 2. The molecule has 21 heavy (non-hydrogen) atoms. The first kappa shape index (κ1) is 12.2. The molecule has 0 amide bonds. The SMILES string of the molecule is O=c1cc(-c2csc3ccccc23)oc2cc(O)ccc12. The predicted molar refractivity (Wildman–Crippen MR) is 85.0 cm³/mol. The Hall–Kier alpha value is -2.59. The fourth-order valence-corrected chi connectivity index (χ4v) is 3.40. The molecule has 0 aliphatic carbocycles. The third-order valence-corrected chi connectivity index (χ3v) is 4.42. The quantitative estimate of drug-likeness (QED) is 0.567. The first-order valence-electron chi connectivity index (χ1n) is 6.46. The van der Waals surface area contributed by atoms with Gasteiger partial charge in [-0.1, -0.05) is 18.2 Å². The van der Waals surface area contributed by atoms with Crippen molar-refractivity contribution < 1.29 is 9.52 Å². The highest BCUT2D eigenvalue weighted by Crippen LogP contribution is 2.34. The molecule has 4 aromatic rings. The third kappa shape index (κ3) is 1.92. The van der Waals surface area contributed by atoms with Gasteiger partial charge in [0, 0.05) is 33.2 Å². The molecular formula is C17H10O3S. The normalized spacial score (nSPS) is 11.2. The smallest absolute Gasteiger partial charge is 0.193 e. The summed E-state index contributed by atoms with van der Waals surface area (Å²) in [6.07, 6.45) is 0. The van der Waals surface area contributed by atoms with Crippen molar-refractivity contribution in [3.63, 3.8) is 0 Å². The Morgan fingerprint density at radius 1 is 1.00 bits per heavy atom. The van der Waals surface area contributed by atoms with Gasteiger partial charge in [0.1, 0.15) is 17.1 Å². The van der Waals surface area contributed by atoms with Gasteiger partial charge in [0.15, 0.2) is 5.43 Å². The zero-order chi connectivity index (χ0) is 14.4. The highest BCUT2D eigenvalue weighted by molar-refractivity contribution is 7.17. The molecule has 4 heteroatoms. The van der Waals surface area contributed by atoms with Crippen LogP contribution in [0.4, 0.5) is 0 Å². The topological polar surface area (TPSA) is 50.4 Å². The molecule has 0 saturated heterocycles. The number of benzene rings is 2. The maximum Gasteiger partial charge on any atom is 0.193 e. The zero-order valence-electron chi connectivity index (χ0n) is 10.9. The molecule has 0 spiro atoms. The van der Waals surface area contributed by atoms with Crippen LogP contribution in [-0.4, -0.2) is 5.11 Å². The Labute approximate surface area is 123 Å². The fourth-order valence-electron chi connectivity index (χ4n) is 2.45. The monoisotopic (exact) mass is 294 g/mol. The van der Waals surface area contributed by atoms with E-state index in [0.717, 1.165) is 15.6 Å². The van der Waals surface area contributed by atoms with E-state index in [9.17, 15) is 9.90 Å². The summed E-state index contributed by atoms with van der Waals surface area (Å²) in [4.78, 5) is 12.2. The average molecular weight is 294 g/mol. The molecule has 2 aromatic heterocycles. The van der Waals surface area contributed by atoms with Crippen LogP contribution >= 0.6 is 11.3 Å². The highest BCUT2D eigenvalue weighted by Gasteiger charge is 2.11. The van der Waals surface area contributed by atoms with E-state index in [4.69, 9.17) is 4.42 Å². The van der Waals surface area contributed by atoms with Crippen LogP contribution < -0.4 is 5.43 Å². The Kier molecular flexibility index (Phi) is 2.59. The molecule has 0 unspecified atom stereocenters. The average Bonchev–Trinajstić information content (AvgIpc) is 2.90. The molecule has 2 heterocycles. The minimum absolute atomic E-state index is 0.0815. The van der Waals surface area contributed by atoms with E-state index in [1.54, 1.807) is 17.4 Å². The van der Waals surface area contributed by atoms with Gasteiger partial charge < -0.3 is 9.52 Å². The molecule has 0 saturated carbocycles. The number of rotatable bonds is 1.